The predicted octanol–water partition coefficient (Wildman–Crippen LogP) is 3.25. The van der Waals surface area contributed by atoms with Crippen LogP contribution in [0.25, 0.3) is 0 Å². The van der Waals surface area contributed by atoms with Gasteiger partial charge in [-0.3, -0.25) is 4.79 Å². The van der Waals surface area contributed by atoms with Gasteiger partial charge in [0.05, 0.1) is 0 Å². The second-order valence-corrected chi connectivity index (χ2v) is 7.40. The Kier molecular flexibility index (Phi) is 6.88. The summed E-state index contributed by atoms with van der Waals surface area (Å²) < 4.78 is 0. The third kappa shape index (κ3) is 5.83. The van der Waals surface area contributed by atoms with Crippen molar-refractivity contribution in [1.82, 2.24) is 10.2 Å². The van der Waals surface area contributed by atoms with E-state index in [1.54, 1.807) is 0 Å². The molecule has 1 amide bonds. The van der Waals surface area contributed by atoms with Crippen LogP contribution in [0, 0.1) is 0 Å². The first kappa shape index (κ1) is 19.4. The van der Waals surface area contributed by atoms with Crippen LogP contribution < -0.4 is 10.2 Å². The van der Waals surface area contributed by atoms with Crippen molar-refractivity contribution in [2.45, 2.75) is 32.7 Å². The van der Waals surface area contributed by atoms with Crippen molar-refractivity contribution in [3.8, 4) is 0 Å². The minimum Gasteiger partial charge on any atom is -0.369 e. The van der Waals surface area contributed by atoms with E-state index in [4.69, 9.17) is 0 Å². The number of nitrogens with zero attached hydrogens (tertiary/aromatic N) is 2. The summed E-state index contributed by atoms with van der Waals surface area (Å²) in [5.41, 5.74) is 4.98. The van der Waals surface area contributed by atoms with Crippen LogP contribution in [0.4, 0.5) is 5.69 Å². The summed E-state index contributed by atoms with van der Waals surface area (Å²) in [4.78, 5) is 16.9. The highest BCUT2D eigenvalue weighted by molar-refractivity contribution is 5.76. The molecule has 2 aromatic carbocycles. The molecule has 1 aliphatic heterocycles. The first-order valence-corrected chi connectivity index (χ1v) is 10.0. The van der Waals surface area contributed by atoms with Gasteiger partial charge < -0.3 is 15.1 Å². The van der Waals surface area contributed by atoms with E-state index in [0.29, 0.717) is 13.0 Å². The van der Waals surface area contributed by atoms with E-state index >= 15 is 0 Å². The first-order chi connectivity index (χ1) is 13.1. The number of hydrogen-bond donors (Lipinski definition) is 1. The summed E-state index contributed by atoms with van der Waals surface area (Å²) in [5.74, 6) is 0.109. The molecule has 0 unspecified atom stereocenters. The third-order valence-electron chi connectivity index (χ3n) is 5.37. The Balaban J connectivity index is 1.41. The monoisotopic (exact) mass is 365 g/mol. The zero-order valence-electron chi connectivity index (χ0n) is 16.6. The lowest BCUT2D eigenvalue weighted by molar-refractivity contribution is -0.121. The average molecular weight is 366 g/mol. The summed E-state index contributed by atoms with van der Waals surface area (Å²) >= 11 is 0. The average Bonchev–Trinajstić information content (AvgIpc) is 2.72. The van der Waals surface area contributed by atoms with Crippen LogP contribution in [0.3, 0.4) is 0 Å². The molecule has 27 heavy (non-hydrogen) atoms. The van der Waals surface area contributed by atoms with E-state index in [-0.39, 0.29) is 5.91 Å². The number of rotatable bonds is 7. The zero-order valence-corrected chi connectivity index (χ0v) is 16.6. The zero-order chi connectivity index (χ0) is 19.1. The molecule has 0 atom stereocenters. The number of carbonyl (C=O) groups is 1. The van der Waals surface area contributed by atoms with Crippen molar-refractivity contribution in [1.29, 1.82) is 0 Å². The maximum Gasteiger partial charge on any atom is 0.220 e. The fourth-order valence-corrected chi connectivity index (χ4v) is 3.38. The molecule has 0 radical (unpaired) electrons. The van der Waals surface area contributed by atoms with Crippen molar-refractivity contribution in [3.63, 3.8) is 0 Å². The van der Waals surface area contributed by atoms with Crippen molar-refractivity contribution in [2.24, 2.45) is 0 Å². The Labute approximate surface area is 163 Å². The van der Waals surface area contributed by atoms with E-state index in [1.807, 2.05) is 0 Å². The molecule has 144 valence electrons. The molecule has 1 fully saturated rings. The molecule has 0 aliphatic carbocycles. The van der Waals surface area contributed by atoms with Gasteiger partial charge in [-0.15, -0.1) is 0 Å². The minimum absolute atomic E-state index is 0.109. The molecule has 1 N–H and O–H groups in total. The number of amides is 1. The molecular formula is C23H31N3O. The lowest BCUT2D eigenvalue weighted by Crippen LogP contribution is -2.44. The molecule has 1 heterocycles. The van der Waals surface area contributed by atoms with Crippen molar-refractivity contribution >= 4 is 11.6 Å². The lowest BCUT2D eigenvalue weighted by Gasteiger charge is -2.34. The van der Waals surface area contributed by atoms with Crippen LogP contribution in [0.2, 0.25) is 0 Å². The molecule has 4 nitrogen and oxygen atoms in total. The second-order valence-electron chi connectivity index (χ2n) is 7.40. The van der Waals surface area contributed by atoms with Gasteiger partial charge in [-0.25, -0.2) is 0 Å². The number of anilines is 1. The van der Waals surface area contributed by atoms with E-state index in [2.05, 4.69) is 77.6 Å². The molecule has 0 bridgehead atoms. The number of aryl methyl sites for hydroxylation is 2. The Morgan fingerprint density at radius 1 is 0.889 bits per heavy atom. The SMILES string of the molecule is CCc1ccc(CCC(=O)NCc2ccc(N3CCN(C)CC3)cc2)cc1. The Morgan fingerprint density at radius 3 is 2.11 bits per heavy atom. The van der Waals surface area contributed by atoms with Crippen molar-refractivity contribution in [3.05, 3.63) is 65.2 Å². The van der Waals surface area contributed by atoms with E-state index in [1.165, 1.54) is 16.8 Å². The first-order valence-electron chi connectivity index (χ1n) is 10.0. The second kappa shape index (κ2) is 9.56. The summed E-state index contributed by atoms with van der Waals surface area (Å²) in [7, 11) is 2.17. The molecule has 2 aromatic rings. The highest BCUT2D eigenvalue weighted by atomic mass is 16.1. The van der Waals surface area contributed by atoms with Gasteiger partial charge in [-0.1, -0.05) is 43.3 Å². The standard InChI is InChI=1S/C23H31N3O/c1-3-19-4-6-20(7-5-19)10-13-23(27)24-18-21-8-11-22(12-9-21)26-16-14-25(2)15-17-26/h4-9,11-12H,3,10,13-18H2,1-2H3,(H,24,27). The smallest absolute Gasteiger partial charge is 0.220 e. The van der Waals surface area contributed by atoms with Gasteiger partial charge in [0.1, 0.15) is 0 Å². The molecule has 3 rings (SSSR count). The fourth-order valence-electron chi connectivity index (χ4n) is 3.38. The highest BCUT2D eigenvalue weighted by Crippen LogP contribution is 2.17. The lowest BCUT2D eigenvalue weighted by atomic mass is 10.1. The highest BCUT2D eigenvalue weighted by Gasteiger charge is 2.14. The number of piperazine rings is 1. The van der Waals surface area contributed by atoms with Gasteiger partial charge in [-0.2, -0.15) is 0 Å². The maximum atomic E-state index is 12.1. The number of likely N-dealkylation sites (N-methyl/N-ethyl adjacent to an activating group) is 1. The van der Waals surface area contributed by atoms with E-state index < -0.39 is 0 Å². The van der Waals surface area contributed by atoms with Crippen LogP contribution in [0.1, 0.15) is 30.0 Å². The summed E-state index contributed by atoms with van der Waals surface area (Å²) in [5, 5.41) is 3.04. The van der Waals surface area contributed by atoms with E-state index in [9.17, 15) is 4.79 Å². The molecule has 4 heteroatoms. The number of carbonyl (C=O) groups excluding carboxylic acids is 1. The topological polar surface area (TPSA) is 35.6 Å². The molecule has 0 saturated carbocycles. The quantitative estimate of drug-likeness (QED) is 0.818. The van der Waals surface area contributed by atoms with Gasteiger partial charge in [0.2, 0.25) is 5.91 Å². The van der Waals surface area contributed by atoms with Crippen LogP contribution in [-0.2, 0) is 24.2 Å². The third-order valence-corrected chi connectivity index (χ3v) is 5.37. The number of nitrogens with one attached hydrogen (secondary N) is 1. The fraction of sp³-hybridized carbons (Fsp3) is 0.435. The molecular weight excluding hydrogens is 334 g/mol. The van der Waals surface area contributed by atoms with Crippen molar-refractivity contribution in [2.75, 3.05) is 38.1 Å². The molecule has 0 spiro atoms. The van der Waals surface area contributed by atoms with Crippen LogP contribution in [0.5, 0.6) is 0 Å². The molecule has 1 saturated heterocycles. The summed E-state index contributed by atoms with van der Waals surface area (Å²) in [6.45, 7) is 7.12. The van der Waals surface area contributed by atoms with Gasteiger partial charge in [0.25, 0.3) is 0 Å². The Hall–Kier alpha value is -2.33. The Morgan fingerprint density at radius 2 is 1.48 bits per heavy atom. The van der Waals surface area contributed by atoms with Crippen LogP contribution >= 0.6 is 0 Å². The summed E-state index contributed by atoms with van der Waals surface area (Å²) in [6.07, 6.45) is 2.37. The largest absolute Gasteiger partial charge is 0.369 e. The number of benzene rings is 2. The van der Waals surface area contributed by atoms with E-state index in [0.717, 1.165) is 44.6 Å². The van der Waals surface area contributed by atoms with Gasteiger partial charge >= 0.3 is 0 Å². The minimum atomic E-state index is 0.109. The summed E-state index contributed by atoms with van der Waals surface area (Å²) in [6, 6.07) is 17.1. The van der Waals surface area contributed by atoms with Gasteiger partial charge in [0, 0.05) is 44.8 Å². The molecule has 0 aromatic heterocycles. The van der Waals surface area contributed by atoms with Crippen molar-refractivity contribution < 1.29 is 4.79 Å². The number of hydrogen-bond acceptors (Lipinski definition) is 3. The predicted molar refractivity (Wildman–Crippen MR) is 112 cm³/mol. The van der Waals surface area contributed by atoms with Gasteiger partial charge in [0.15, 0.2) is 0 Å². The normalized spacial score (nSPS) is 15.0. The van der Waals surface area contributed by atoms with Crippen LogP contribution in [0.15, 0.2) is 48.5 Å². The Bertz CT molecular complexity index is 716. The van der Waals surface area contributed by atoms with Gasteiger partial charge in [-0.05, 0) is 48.7 Å². The van der Waals surface area contributed by atoms with Crippen LogP contribution in [-0.4, -0.2) is 44.0 Å². The maximum absolute atomic E-state index is 12.1. The molecule has 1 aliphatic rings.